The van der Waals surface area contributed by atoms with Gasteiger partial charge in [-0.25, -0.2) is 26.3 Å². The number of hydrogen-bond donors (Lipinski definition) is 2. The minimum atomic E-state index is -3.98. The Labute approximate surface area is 332 Å². The summed E-state index contributed by atoms with van der Waals surface area (Å²) < 4.78 is 67.4. The van der Waals surface area contributed by atoms with E-state index in [0.29, 0.717) is 34.3 Å². The van der Waals surface area contributed by atoms with E-state index in [0.717, 1.165) is 22.7 Å². The summed E-state index contributed by atoms with van der Waals surface area (Å²) >= 11 is 0. The largest absolute Gasteiger partial charge is 0.497 e. The molecule has 15 heteroatoms. The Balaban J connectivity index is 1.79. The number of methoxy groups -OCH3 is 1. The molecule has 0 aromatic heterocycles. The first-order valence-electron chi connectivity index (χ1n) is 17.9. The molecular formula is C42H48F2N4O8S. The lowest BCUT2D eigenvalue weighted by molar-refractivity contribution is 0.00836. The van der Waals surface area contributed by atoms with Crippen molar-refractivity contribution in [2.24, 2.45) is 5.16 Å². The fraction of sp³-hybridized carbons (Fsp3) is 0.310. The van der Waals surface area contributed by atoms with Gasteiger partial charge in [0.15, 0.2) is 0 Å². The highest BCUT2D eigenvalue weighted by atomic mass is 32.2. The van der Waals surface area contributed by atoms with E-state index in [4.69, 9.17) is 14.3 Å². The van der Waals surface area contributed by atoms with Gasteiger partial charge in [0.25, 0.3) is 5.91 Å². The van der Waals surface area contributed by atoms with Crippen molar-refractivity contribution in [3.8, 4) is 5.75 Å². The minimum Gasteiger partial charge on any atom is -0.497 e. The molecule has 2 N–H and O–H groups in total. The van der Waals surface area contributed by atoms with E-state index in [1.165, 1.54) is 36.3 Å². The summed E-state index contributed by atoms with van der Waals surface area (Å²) in [5, 5.41) is 18.7. The molecule has 0 spiro atoms. The number of carbonyl (C=O) groups is 2. The number of rotatable bonds is 17. The number of aliphatic hydroxyl groups excluding tert-OH is 1. The van der Waals surface area contributed by atoms with Crippen LogP contribution in [0.2, 0.25) is 0 Å². The van der Waals surface area contributed by atoms with E-state index in [1.807, 2.05) is 0 Å². The Bertz CT molecular complexity index is 2160. The number of benzene rings is 4. The van der Waals surface area contributed by atoms with Gasteiger partial charge in [-0.2, -0.15) is 0 Å². The molecule has 2 atom stereocenters. The lowest BCUT2D eigenvalue weighted by Gasteiger charge is -2.32. The first-order valence-corrected chi connectivity index (χ1v) is 19.7. The quantitative estimate of drug-likeness (QED) is 0.0496. The van der Waals surface area contributed by atoms with Gasteiger partial charge in [0.1, 0.15) is 29.6 Å². The molecule has 4 aromatic rings. The smallest absolute Gasteiger partial charge is 0.410 e. The van der Waals surface area contributed by atoms with Gasteiger partial charge in [-0.05, 0) is 99.8 Å². The van der Waals surface area contributed by atoms with Crippen molar-refractivity contribution in [3.63, 3.8) is 0 Å². The first kappa shape index (κ1) is 43.9. The summed E-state index contributed by atoms with van der Waals surface area (Å²) in [4.78, 5) is 34.4. The molecule has 0 fully saturated rings. The fourth-order valence-corrected chi connectivity index (χ4v) is 6.79. The number of para-hydroxylation sites is 1. The highest BCUT2D eigenvalue weighted by Gasteiger charge is 2.30. The molecule has 12 nitrogen and oxygen atoms in total. The van der Waals surface area contributed by atoms with Gasteiger partial charge < -0.3 is 29.6 Å². The van der Waals surface area contributed by atoms with Crippen LogP contribution in [0.4, 0.5) is 25.0 Å². The normalized spacial score (nSPS) is 12.9. The second kappa shape index (κ2) is 19.4. The molecule has 4 aromatic carbocycles. The van der Waals surface area contributed by atoms with Crippen molar-refractivity contribution in [2.45, 2.75) is 58.4 Å². The molecule has 4 rings (SSSR count). The van der Waals surface area contributed by atoms with Gasteiger partial charge in [0.05, 0.1) is 49.1 Å². The van der Waals surface area contributed by atoms with E-state index in [2.05, 4.69) is 17.1 Å². The Kier molecular flexibility index (Phi) is 14.9. The Morgan fingerprint density at radius 2 is 1.60 bits per heavy atom. The lowest BCUT2D eigenvalue weighted by Crippen LogP contribution is -2.51. The zero-order chi connectivity index (χ0) is 41.9. The van der Waals surface area contributed by atoms with Gasteiger partial charge in [0, 0.05) is 23.7 Å². The summed E-state index contributed by atoms with van der Waals surface area (Å²) in [5.74, 6) is -1.99. The molecule has 0 saturated carbocycles. The standard InChI is InChI=1S/C42H48F2N4O8S/c1-8-17-55-46-28(2)31-22-32(24-36(23-31)48(57(7,52)53)35-14-10-9-11-15-35)40(50)45-38(21-30-18-33(43)25-34(44)19-30)39(49)27-47(41(51)56-42(3,4)5)26-29-13-12-16-37(20-29)54-6/h8-16,18-20,22-25,38-39,49H,1,17,21,26-27H2,2-7H3,(H,45,50)/t38-,39+/m0/s1. The van der Waals surface area contributed by atoms with Crippen LogP contribution in [0.15, 0.2) is 109 Å². The number of amides is 2. The molecule has 0 saturated heterocycles. The summed E-state index contributed by atoms with van der Waals surface area (Å²) in [6.45, 7) is 9.95. The van der Waals surface area contributed by atoms with Crippen LogP contribution in [-0.4, -0.2) is 80.4 Å². The summed E-state index contributed by atoms with van der Waals surface area (Å²) in [5.41, 5.74) is 0.807. The van der Waals surface area contributed by atoms with E-state index in [-0.39, 0.29) is 42.9 Å². The Morgan fingerprint density at radius 3 is 2.21 bits per heavy atom. The number of nitrogens with zero attached hydrogens (tertiary/aromatic N) is 3. The number of hydrogen-bond acceptors (Lipinski definition) is 9. The number of halogens is 2. The summed E-state index contributed by atoms with van der Waals surface area (Å²) in [6, 6.07) is 21.1. The summed E-state index contributed by atoms with van der Waals surface area (Å²) in [6.07, 6.45) is -0.0614. The number of oxime groups is 1. The van der Waals surface area contributed by atoms with Crippen molar-refractivity contribution in [1.29, 1.82) is 0 Å². The Morgan fingerprint density at radius 1 is 0.930 bits per heavy atom. The van der Waals surface area contributed by atoms with Crippen LogP contribution >= 0.6 is 0 Å². The van der Waals surface area contributed by atoms with Crippen LogP contribution < -0.4 is 14.4 Å². The Hall–Kier alpha value is -5.80. The molecule has 0 aliphatic rings. The molecule has 0 radical (unpaired) electrons. The SMILES string of the molecule is C=CCON=C(C)c1cc(C(=O)N[C@@H](Cc2cc(F)cc(F)c2)[C@H](O)CN(Cc2cccc(OC)c2)C(=O)OC(C)(C)C)cc(N(c2ccccc2)S(C)(=O)=O)c1. The van der Waals surface area contributed by atoms with Crippen LogP contribution in [0, 0.1) is 11.6 Å². The zero-order valence-electron chi connectivity index (χ0n) is 32.7. The van der Waals surface area contributed by atoms with Crippen LogP contribution in [0.5, 0.6) is 5.75 Å². The molecule has 57 heavy (non-hydrogen) atoms. The van der Waals surface area contributed by atoms with E-state index in [9.17, 15) is 31.9 Å². The van der Waals surface area contributed by atoms with Crippen LogP contribution in [0.3, 0.4) is 0 Å². The maximum absolute atomic E-state index is 14.4. The summed E-state index contributed by atoms with van der Waals surface area (Å²) in [7, 11) is -2.48. The molecular weight excluding hydrogens is 759 g/mol. The fourth-order valence-electron chi connectivity index (χ4n) is 5.80. The maximum Gasteiger partial charge on any atom is 0.410 e. The maximum atomic E-state index is 14.4. The molecule has 0 aliphatic carbocycles. The molecule has 2 amide bonds. The topological polar surface area (TPSA) is 147 Å². The van der Waals surface area contributed by atoms with Crippen molar-refractivity contribution < 1.29 is 46.2 Å². The lowest BCUT2D eigenvalue weighted by atomic mass is 9.99. The van der Waals surface area contributed by atoms with Crippen LogP contribution in [0.25, 0.3) is 0 Å². The second-order valence-electron chi connectivity index (χ2n) is 14.2. The van der Waals surface area contributed by atoms with Crippen molar-refractivity contribution in [2.75, 3.05) is 30.8 Å². The predicted octanol–water partition coefficient (Wildman–Crippen LogP) is 7.14. The predicted molar refractivity (Wildman–Crippen MR) is 215 cm³/mol. The number of sulfonamides is 1. The van der Waals surface area contributed by atoms with Gasteiger partial charge in [-0.15, -0.1) is 0 Å². The zero-order valence-corrected chi connectivity index (χ0v) is 33.6. The first-order chi connectivity index (χ1) is 26.9. The average Bonchev–Trinajstić information content (AvgIpc) is 3.13. The molecule has 0 unspecified atom stereocenters. The van der Waals surface area contributed by atoms with Crippen LogP contribution in [-0.2, 0) is 32.6 Å². The third kappa shape index (κ3) is 13.1. The van der Waals surface area contributed by atoms with Gasteiger partial charge in [-0.1, -0.05) is 48.1 Å². The molecule has 0 bridgehead atoms. The minimum absolute atomic E-state index is 0.0306. The van der Waals surface area contributed by atoms with Gasteiger partial charge in [0.2, 0.25) is 10.0 Å². The highest BCUT2D eigenvalue weighted by Crippen LogP contribution is 2.31. The van der Waals surface area contributed by atoms with Crippen molar-refractivity contribution in [1.82, 2.24) is 10.2 Å². The molecule has 0 heterocycles. The third-order valence-electron chi connectivity index (χ3n) is 8.27. The number of anilines is 2. The average molecular weight is 807 g/mol. The molecule has 0 aliphatic heterocycles. The van der Waals surface area contributed by atoms with Crippen LogP contribution in [0.1, 0.15) is 54.7 Å². The number of aliphatic hydroxyl groups is 1. The van der Waals surface area contributed by atoms with Gasteiger partial charge in [-0.3, -0.25) is 4.79 Å². The number of carbonyl (C=O) groups excluding carboxylic acids is 2. The number of nitrogens with one attached hydrogen (secondary N) is 1. The number of ether oxygens (including phenoxy) is 2. The van der Waals surface area contributed by atoms with Crippen molar-refractivity contribution in [3.05, 3.63) is 138 Å². The van der Waals surface area contributed by atoms with E-state index >= 15 is 0 Å². The monoisotopic (exact) mass is 806 g/mol. The van der Waals surface area contributed by atoms with Gasteiger partial charge >= 0.3 is 6.09 Å². The second-order valence-corrected chi connectivity index (χ2v) is 16.1. The van der Waals surface area contributed by atoms with E-state index in [1.54, 1.807) is 82.3 Å². The molecule has 304 valence electrons. The van der Waals surface area contributed by atoms with E-state index < -0.39 is 51.4 Å². The highest BCUT2D eigenvalue weighted by molar-refractivity contribution is 7.92. The third-order valence-corrected chi connectivity index (χ3v) is 9.36. The van der Waals surface area contributed by atoms with Crippen molar-refractivity contribution >= 4 is 39.1 Å².